The molecule has 0 radical (unpaired) electrons. The number of cyclic esters (lactones) is 1. The van der Waals surface area contributed by atoms with Crippen LogP contribution in [0.15, 0.2) is 80.3 Å². The zero-order valence-corrected chi connectivity index (χ0v) is 22.7. The Kier molecular flexibility index (Phi) is 6.63. The third kappa shape index (κ3) is 4.97. The largest absolute Gasteiger partial charge is 0.422 e. The lowest BCUT2D eigenvalue weighted by Crippen LogP contribution is -2.08. The molecular formula is C26H14Br2ClNO4S. The fourth-order valence-corrected chi connectivity index (χ4v) is 5.73. The first-order chi connectivity index (χ1) is 16.8. The number of thiophene rings is 1. The van der Waals surface area contributed by atoms with Crippen molar-refractivity contribution < 1.29 is 19.1 Å². The van der Waals surface area contributed by atoms with E-state index in [1.54, 1.807) is 18.2 Å². The van der Waals surface area contributed by atoms with Crippen LogP contribution in [0.5, 0.6) is 5.75 Å². The van der Waals surface area contributed by atoms with Crippen LogP contribution in [0.2, 0.25) is 5.02 Å². The van der Waals surface area contributed by atoms with E-state index in [1.165, 1.54) is 17.4 Å². The van der Waals surface area contributed by atoms with Crippen molar-refractivity contribution in [2.75, 3.05) is 0 Å². The molecule has 0 fully saturated rings. The summed E-state index contributed by atoms with van der Waals surface area (Å²) in [6.07, 6.45) is 1.53. The second kappa shape index (κ2) is 9.70. The van der Waals surface area contributed by atoms with Crippen LogP contribution in [0.4, 0.5) is 0 Å². The van der Waals surface area contributed by atoms with Gasteiger partial charge in [0, 0.05) is 30.2 Å². The molecule has 0 aliphatic carbocycles. The van der Waals surface area contributed by atoms with Crippen molar-refractivity contribution in [3.05, 3.63) is 102 Å². The molecule has 5 rings (SSSR count). The van der Waals surface area contributed by atoms with Crippen LogP contribution < -0.4 is 4.74 Å². The minimum absolute atomic E-state index is 0.0979. The van der Waals surface area contributed by atoms with Crippen molar-refractivity contribution in [1.29, 1.82) is 0 Å². The van der Waals surface area contributed by atoms with Crippen molar-refractivity contribution in [1.82, 2.24) is 0 Å². The van der Waals surface area contributed by atoms with Gasteiger partial charge < -0.3 is 9.47 Å². The smallest absolute Gasteiger partial charge is 0.363 e. The van der Waals surface area contributed by atoms with E-state index in [1.807, 2.05) is 49.4 Å². The first kappa shape index (κ1) is 23.9. The van der Waals surface area contributed by atoms with Crippen molar-refractivity contribution in [2.24, 2.45) is 4.99 Å². The molecule has 4 aromatic rings. The summed E-state index contributed by atoms with van der Waals surface area (Å²) in [7, 11) is 0. The summed E-state index contributed by atoms with van der Waals surface area (Å²) in [5, 5.41) is 1.11. The summed E-state index contributed by atoms with van der Waals surface area (Å²) >= 11 is 14.6. The minimum atomic E-state index is -0.591. The lowest BCUT2D eigenvalue weighted by Gasteiger charge is -2.08. The molecule has 0 spiro atoms. The van der Waals surface area contributed by atoms with Crippen LogP contribution in [0, 0.1) is 6.92 Å². The molecule has 174 valence electrons. The third-order valence-corrected chi connectivity index (χ3v) is 7.79. The maximum atomic E-state index is 13.0. The van der Waals surface area contributed by atoms with E-state index in [0.717, 1.165) is 24.6 Å². The number of hydrogen-bond acceptors (Lipinski definition) is 6. The fourth-order valence-electron chi connectivity index (χ4n) is 3.42. The Hall–Kier alpha value is -2.78. The number of aliphatic imine (C=N–C) groups is 1. The number of benzene rings is 3. The van der Waals surface area contributed by atoms with Gasteiger partial charge in [0.2, 0.25) is 5.90 Å². The highest BCUT2D eigenvalue weighted by molar-refractivity contribution is 9.10. The van der Waals surface area contributed by atoms with Gasteiger partial charge in [0.05, 0.1) is 5.02 Å². The monoisotopic (exact) mass is 629 g/mol. The number of hydrogen-bond donors (Lipinski definition) is 0. The molecule has 9 heteroatoms. The van der Waals surface area contributed by atoms with E-state index >= 15 is 0 Å². The second-order valence-corrected chi connectivity index (χ2v) is 10.9. The number of fused-ring (bicyclic) bond motifs is 1. The van der Waals surface area contributed by atoms with E-state index in [4.69, 9.17) is 21.1 Å². The summed E-state index contributed by atoms with van der Waals surface area (Å²) in [5.74, 6) is -0.701. The van der Waals surface area contributed by atoms with Gasteiger partial charge in [-0.05, 0) is 55.5 Å². The maximum absolute atomic E-state index is 13.0. The van der Waals surface area contributed by atoms with E-state index in [0.29, 0.717) is 21.0 Å². The van der Waals surface area contributed by atoms with Crippen LogP contribution in [-0.2, 0) is 9.53 Å². The molecule has 0 saturated heterocycles. The zero-order chi connectivity index (χ0) is 24.7. The normalized spacial score (nSPS) is 14.3. The molecule has 0 saturated carbocycles. The highest BCUT2D eigenvalue weighted by Crippen LogP contribution is 2.38. The Labute approximate surface area is 226 Å². The Bertz CT molecular complexity index is 1570. The number of nitrogens with zero attached hydrogens (tertiary/aromatic N) is 1. The molecule has 0 amide bonds. The molecule has 0 N–H and O–H groups in total. The van der Waals surface area contributed by atoms with Crippen molar-refractivity contribution >= 4 is 88.8 Å². The molecule has 35 heavy (non-hydrogen) atoms. The summed E-state index contributed by atoms with van der Waals surface area (Å²) < 4.78 is 13.6. The van der Waals surface area contributed by atoms with Crippen molar-refractivity contribution in [2.45, 2.75) is 6.92 Å². The van der Waals surface area contributed by atoms with Crippen LogP contribution in [0.3, 0.4) is 0 Å². The predicted molar refractivity (Wildman–Crippen MR) is 145 cm³/mol. The van der Waals surface area contributed by atoms with Crippen LogP contribution in [0.1, 0.15) is 26.4 Å². The first-order valence-corrected chi connectivity index (χ1v) is 13.1. The molecule has 1 aliphatic heterocycles. The number of rotatable bonds is 4. The second-order valence-electron chi connectivity index (χ2n) is 7.66. The number of ether oxygens (including phenoxy) is 2. The summed E-state index contributed by atoms with van der Waals surface area (Å²) in [5.41, 5.74) is 2.36. The Morgan fingerprint density at radius 2 is 1.77 bits per heavy atom. The standard InChI is InChI=1S/C26H14Br2ClNO4S/c1-13-2-4-14(5-3-13)24-30-19(25(31)34-24)11-15-10-16(27)7-9-20(15)33-26(32)23-22(29)18-8-6-17(28)12-21(18)35-23/h2-12H,1H3/b19-11+. The van der Waals surface area contributed by atoms with Crippen LogP contribution in [-0.4, -0.2) is 17.8 Å². The molecule has 0 unspecified atom stereocenters. The number of carbonyl (C=O) groups is 2. The Morgan fingerprint density at radius 1 is 1.06 bits per heavy atom. The molecule has 5 nitrogen and oxygen atoms in total. The van der Waals surface area contributed by atoms with E-state index < -0.39 is 11.9 Å². The molecule has 0 atom stereocenters. The van der Waals surface area contributed by atoms with Gasteiger partial charge in [-0.25, -0.2) is 14.6 Å². The maximum Gasteiger partial charge on any atom is 0.363 e. The molecule has 1 aromatic heterocycles. The average molecular weight is 632 g/mol. The van der Waals surface area contributed by atoms with Gasteiger partial charge in [-0.1, -0.05) is 67.2 Å². The van der Waals surface area contributed by atoms with Crippen molar-refractivity contribution in [3.63, 3.8) is 0 Å². The van der Waals surface area contributed by atoms with Crippen molar-refractivity contribution in [3.8, 4) is 5.75 Å². The number of halogens is 3. The molecule has 1 aliphatic rings. The summed E-state index contributed by atoms with van der Waals surface area (Å²) in [4.78, 5) is 30.2. The highest BCUT2D eigenvalue weighted by Gasteiger charge is 2.25. The van der Waals surface area contributed by atoms with Gasteiger partial charge >= 0.3 is 11.9 Å². The van der Waals surface area contributed by atoms with Gasteiger partial charge in [0.25, 0.3) is 0 Å². The molecular weight excluding hydrogens is 618 g/mol. The highest BCUT2D eigenvalue weighted by atomic mass is 79.9. The predicted octanol–water partition coefficient (Wildman–Crippen LogP) is 7.95. The van der Waals surface area contributed by atoms with Gasteiger partial charge in [-0.15, -0.1) is 11.3 Å². The first-order valence-electron chi connectivity index (χ1n) is 10.3. The molecule has 3 aromatic carbocycles. The summed E-state index contributed by atoms with van der Waals surface area (Å²) in [6, 6.07) is 18.2. The number of aryl methyl sites for hydroxylation is 1. The minimum Gasteiger partial charge on any atom is -0.422 e. The average Bonchev–Trinajstić information content (AvgIpc) is 3.35. The number of carbonyl (C=O) groups excluding carboxylic acids is 2. The lowest BCUT2D eigenvalue weighted by molar-refractivity contribution is -0.129. The SMILES string of the molecule is Cc1ccc(C2=N/C(=C/c3cc(Br)ccc3OC(=O)c3sc4cc(Br)ccc4c3Cl)C(=O)O2)cc1. The van der Waals surface area contributed by atoms with Gasteiger partial charge in [-0.2, -0.15) is 0 Å². The van der Waals surface area contributed by atoms with Gasteiger partial charge in [0.1, 0.15) is 10.6 Å². The Morgan fingerprint density at radius 3 is 2.54 bits per heavy atom. The number of esters is 2. The third-order valence-electron chi connectivity index (χ3n) is 5.16. The van der Waals surface area contributed by atoms with E-state index in [2.05, 4.69) is 36.9 Å². The molecule has 0 bridgehead atoms. The van der Waals surface area contributed by atoms with Gasteiger partial charge in [0.15, 0.2) is 5.70 Å². The topological polar surface area (TPSA) is 65.0 Å². The Balaban J connectivity index is 1.47. The quantitative estimate of drug-likeness (QED) is 0.130. The van der Waals surface area contributed by atoms with Crippen LogP contribution >= 0.6 is 54.8 Å². The fraction of sp³-hybridized carbons (Fsp3) is 0.0385. The zero-order valence-electron chi connectivity index (χ0n) is 18.0. The van der Waals surface area contributed by atoms with E-state index in [-0.39, 0.29) is 17.3 Å². The van der Waals surface area contributed by atoms with E-state index in [9.17, 15) is 9.59 Å². The lowest BCUT2D eigenvalue weighted by atomic mass is 10.1. The molecule has 2 heterocycles. The van der Waals surface area contributed by atoms with Crippen LogP contribution in [0.25, 0.3) is 16.2 Å². The van der Waals surface area contributed by atoms with Gasteiger partial charge in [-0.3, -0.25) is 0 Å². The summed E-state index contributed by atoms with van der Waals surface area (Å²) in [6.45, 7) is 1.97.